The molecule has 0 amide bonds. The molecular weight excluding hydrogens is 336 g/mol. The zero-order valence-corrected chi connectivity index (χ0v) is 16.5. The van der Waals surface area contributed by atoms with Gasteiger partial charge in [-0.2, -0.15) is 4.31 Å². The third-order valence-electron chi connectivity index (χ3n) is 5.46. The van der Waals surface area contributed by atoms with Crippen molar-refractivity contribution in [1.29, 1.82) is 0 Å². The summed E-state index contributed by atoms with van der Waals surface area (Å²) in [6.07, 6.45) is 2.01. The summed E-state index contributed by atoms with van der Waals surface area (Å²) in [5.41, 5.74) is 1.16. The molecule has 1 aromatic rings. The van der Waals surface area contributed by atoms with Gasteiger partial charge in [0.25, 0.3) is 0 Å². The topological polar surface area (TPSA) is 49.9 Å². The number of piperidine rings is 1. The molecule has 6 heteroatoms. The zero-order chi connectivity index (χ0) is 18.2. The summed E-state index contributed by atoms with van der Waals surface area (Å²) >= 11 is 0. The van der Waals surface area contributed by atoms with Gasteiger partial charge in [-0.25, -0.2) is 8.42 Å². The lowest BCUT2D eigenvalue weighted by Crippen LogP contribution is -2.40. The highest BCUT2D eigenvalue weighted by Crippen LogP contribution is 2.42. The number of ether oxygens (including phenoxy) is 1. The molecule has 25 heavy (non-hydrogen) atoms. The number of benzene rings is 1. The maximum absolute atomic E-state index is 13.1. The lowest BCUT2D eigenvalue weighted by molar-refractivity contribution is 0.0262. The van der Waals surface area contributed by atoms with E-state index in [0.717, 1.165) is 24.9 Å². The monoisotopic (exact) mass is 366 g/mol. The first-order valence-corrected chi connectivity index (χ1v) is 10.6. The Morgan fingerprint density at radius 2 is 1.88 bits per heavy atom. The van der Waals surface area contributed by atoms with Crippen LogP contribution in [0.1, 0.15) is 38.2 Å². The normalized spacial score (nSPS) is 26.9. The molecule has 1 aromatic carbocycles. The second-order valence-electron chi connectivity index (χ2n) is 7.84. The number of nitrogens with zero attached hydrogens (tertiary/aromatic N) is 2. The molecule has 2 aliphatic rings. The van der Waals surface area contributed by atoms with Gasteiger partial charge in [0.2, 0.25) is 10.0 Å². The summed E-state index contributed by atoms with van der Waals surface area (Å²) in [4.78, 5) is 2.48. The number of hydrogen-bond acceptors (Lipinski definition) is 4. The van der Waals surface area contributed by atoms with Gasteiger partial charge in [0.15, 0.2) is 0 Å². The van der Waals surface area contributed by atoms with Crippen molar-refractivity contribution in [3.63, 3.8) is 0 Å². The second kappa shape index (κ2) is 7.35. The molecule has 140 valence electrons. The quantitative estimate of drug-likeness (QED) is 0.744. The fourth-order valence-corrected chi connectivity index (χ4v) is 5.67. The van der Waals surface area contributed by atoms with Gasteiger partial charge in [-0.3, -0.25) is 0 Å². The fraction of sp³-hybridized carbons (Fsp3) is 0.684. The minimum atomic E-state index is -3.44. The molecule has 1 saturated heterocycles. The van der Waals surface area contributed by atoms with Crippen molar-refractivity contribution in [3.8, 4) is 0 Å². The van der Waals surface area contributed by atoms with Crippen LogP contribution < -0.4 is 0 Å². The Kier molecular flexibility index (Phi) is 5.54. The van der Waals surface area contributed by atoms with Crippen LogP contribution in [-0.4, -0.2) is 63.6 Å². The summed E-state index contributed by atoms with van der Waals surface area (Å²) in [6, 6.07) is 7.34. The van der Waals surface area contributed by atoms with Crippen molar-refractivity contribution >= 4 is 10.0 Å². The van der Waals surface area contributed by atoms with Crippen LogP contribution >= 0.6 is 0 Å². The molecule has 0 unspecified atom stereocenters. The average Bonchev–Trinajstić information content (AvgIpc) is 3.12. The van der Waals surface area contributed by atoms with Crippen molar-refractivity contribution < 1.29 is 13.2 Å². The van der Waals surface area contributed by atoms with Crippen LogP contribution in [-0.2, 0) is 14.8 Å². The summed E-state index contributed by atoms with van der Waals surface area (Å²) in [6.45, 7) is 6.32. The van der Waals surface area contributed by atoms with E-state index in [9.17, 15) is 8.42 Å². The van der Waals surface area contributed by atoms with Gasteiger partial charge in [-0.05, 0) is 50.6 Å². The molecule has 3 atom stereocenters. The molecule has 2 fully saturated rings. The van der Waals surface area contributed by atoms with E-state index in [1.165, 1.54) is 0 Å². The Labute approximate surface area is 152 Å². The standard InChI is InChI=1S/C19H30N2O3S/c1-14(2)15-5-8-17(9-6-15)25(22,23)21-13-16-7-10-18(21)19(16)24-12-11-20(3)4/h5-6,8-9,14,16,18-19H,7,10-13H2,1-4H3/t16-,18+,19+/m1/s1. The minimum Gasteiger partial charge on any atom is -0.375 e. The Morgan fingerprint density at radius 1 is 1.20 bits per heavy atom. The first-order valence-electron chi connectivity index (χ1n) is 9.19. The maximum atomic E-state index is 13.1. The highest BCUT2D eigenvalue weighted by molar-refractivity contribution is 7.89. The fourth-order valence-electron chi connectivity index (χ4n) is 3.95. The Bertz CT molecular complexity index is 685. The lowest BCUT2D eigenvalue weighted by Gasteiger charge is -2.26. The Morgan fingerprint density at radius 3 is 2.48 bits per heavy atom. The number of hydrogen-bond donors (Lipinski definition) is 0. The van der Waals surface area contributed by atoms with Gasteiger partial charge in [0.1, 0.15) is 0 Å². The van der Waals surface area contributed by atoms with Crippen LogP contribution in [0, 0.1) is 5.92 Å². The van der Waals surface area contributed by atoms with E-state index >= 15 is 0 Å². The lowest BCUT2D eigenvalue weighted by atomic mass is 10.0. The molecule has 0 spiro atoms. The Hall–Kier alpha value is -0.950. The SMILES string of the molecule is CC(C)c1ccc(S(=O)(=O)N2C[C@H]3CC[C@H]2[C@H]3OCCN(C)C)cc1. The van der Waals surface area contributed by atoms with Crippen LogP contribution in [0.5, 0.6) is 0 Å². The molecule has 3 rings (SSSR count). The van der Waals surface area contributed by atoms with Crippen molar-refractivity contribution in [3.05, 3.63) is 29.8 Å². The molecule has 2 bridgehead atoms. The van der Waals surface area contributed by atoms with E-state index in [1.807, 2.05) is 26.2 Å². The van der Waals surface area contributed by atoms with Crippen LogP contribution in [0.2, 0.25) is 0 Å². The summed E-state index contributed by atoms with van der Waals surface area (Å²) in [5.74, 6) is 0.728. The summed E-state index contributed by atoms with van der Waals surface area (Å²) in [7, 11) is 0.593. The van der Waals surface area contributed by atoms with Crippen molar-refractivity contribution in [2.75, 3.05) is 33.8 Å². The molecule has 1 saturated carbocycles. The van der Waals surface area contributed by atoms with Gasteiger partial charge >= 0.3 is 0 Å². The van der Waals surface area contributed by atoms with Crippen LogP contribution in [0.4, 0.5) is 0 Å². The molecule has 0 aromatic heterocycles. The highest BCUT2D eigenvalue weighted by atomic mass is 32.2. The van der Waals surface area contributed by atoms with E-state index in [0.29, 0.717) is 29.9 Å². The third kappa shape index (κ3) is 3.77. The average molecular weight is 367 g/mol. The summed E-state index contributed by atoms with van der Waals surface area (Å²) < 4.78 is 33.9. The number of sulfonamides is 1. The van der Waals surface area contributed by atoms with Crippen LogP contribution in [0.15, 0.2) is 29.2 Å². The van der Waals surface area contributed by atoms with Gasteiger partial charge in [0, 0.05) is 19.0 Å². The third-order valence-corrected chi connectivity index (χ3v) is 7.37. The number of likely N-dealkylation sites (N-methyl/N-ethyl adjacent to an activating group) is 1. The predicted octanol–water partition coefficient (Wildman–Crippen LogP) is 2.54. The molecule has 1 aliphatic carbocycles. The van der Waals surface area contributed by atoms with E-state index in [-0.39, 0.29) is 12.1 Å². The van der Waals surface area contributed by atoms with E-state index in [1.54, 1.807) is 16.4 Å². The first-order chi connectivity index (χ1) is 11.8. The maximum Gasteiger partial charge on any atom is 0.243 e. The van der Waals surface area contributed by atoms with E-state index in [4.69, 9.17) is 4.74 Å². The van der Waals surface area contributed by atoms with Gasteiger partial charge in [-0.15, -0.1) is 0 Å². The van der Waals surface area contributed by atoms with Crippen molar-refractivity contribution in [2.24, 2.45) is 5.92 Å². The number of fused-ring (bicyclic) bond motifs is 2. The molecular formula is C19H30N2O3S. The van der Waals surface area contributed by atoms with Gasteiger partial charge in [0.05, 0.1) is 23.6 Å². The first kappa shape index (κ1) is 18.8. The molecule has 1 heterocycles. The molecule has 5 nitrogen and oxygen atoms in total. The molecule has 0 N–H and O–H groups in total. The van der Waals surface area contributed by atoms with Gasteiger partial charge in [-0.1, -0.05) is 26.0 Å². The van der Waals surface area contributed by atoms with Crippen LogP contribution in [0.25, 0.3) is 0 Å². The highest BCUT2D eigenvalue weighted by Gasteiger charge is 2.52. The Balaban J connectivity index is 1.73. The van der Waals surface area contributed by atoms with Crippen LogP contribution in [0.3, 0.4) is 0 Å². The zero-order valence-electron chi connectivity index (χ0n) is 15.7. The van der Waals surface area contributed by atoms with Gasteiger partial charge < -0.3 is 9.64 Å². The van der Waals surface area contributed by atoms with Crippen molar-refractivity contribution in [2.45, 2.75) is 49.6 Å². The minimum absolute atomic E-state index is 0.0121. The van der Waals surface area contributed by atoms with E-state index in [2.05, 4.69) is 18.7 Å². The number of rotatable bonds is 7. The summed E-state index contributed by atoms with van der Waals surface area (Å²) in [5, 5.41) is 0. The smallest absolute Gasteiger partial charge is 0.243 e. The van der Waals surface area contributed by atoms with Crippen molar-refractivity contribution in [1.82, 2.24) is 9.21 Å². The molecule has 0 radical (unpaired) electrons. The predicted molar refractivity (Wildman–Crippen MR) is 99.2 cm³/mol. The largest absolute Gasteiger partial charge is 0.375 e. The van der Waals surface area contributed by atoms with E-state index < -0.39 is 10.0 Å². The molecule has 1 aliphatic heterocycles. The second-order valence-corrected chi connectivity index (χ2v) is 9.73.